The van der Waals surface area contributed by atoms with Crippen molar-refractivity contribution >= 4 is 5.78 Å². The highest BCUT2D eigenvalue weighted by molar-refractivity contribution is 6.08. The summed E-state index contributed by atoms with van der Waals surface area (Å²) < 4.78 is 2.03. The second-order valence-electron chi connectivity index (χ2n) is 4.95. The number of carbonyl (C=O) groups is 1. The van der Waals surface area contributed by atoms with Gasteiger partial charge in [0.25, 0.3) is 0 Å². The summed E-state index contributed by atoms with van der Waals surface area (Å²) in [4.78, 5) is 12.4. The largest absolute Gasteiger partial charge is 0.288 e. The SMILES string of the molecule is O=C(c1ccccc1)c1ccc[n+](Cc2ccccc2)c1. The van der Waals surface area contributed by atoms with Gasteiger partial charge in [-0.2, -0.15) is 0 Å². The molecule has 0 saturated heterocycles. The van der Waals surface area contributed by atoms with Gasteiger partial charge in [-0.15, -0.1) is 0 Å². The first kappa shape index (κ1) is 13.3. The van der Waals surface area contributed by atoms with Gasteiger partial charge in [-0.1, -0.05) is 60.7 Å². The fraction of sp³-hybridized carbons (Fsp3) is 0.0526. The quantitative estimate of drug-likeness (QED) is 0.528. The number of pyridine rings is 1. The van der Waals surface area contributed by atoms with E-state index in [1.807, 2.05) is 77.6 Å². The molecule has 0 fully saturated rings. The number of rotatable bonds is 4. The number of carbonyl (C=O) groups excluding carboxylic acids is 1. The van der Waals surface area contributed by atoms with Crippen LogP contribution >= 0.6 is 0 Å². The molecule has 0 radical (unpaired) electrons. The van der Waals surface area contributed by atoms with Crippen molar-refractivity contribution < 1.29 is 9.36 Å². The summed E-state index contributed by atoms with van der Waals surface area (Å²) in [6.07, 6.45) is 3.89. The van der Waals surface area contributed by atoms with Crippen LogP contribution in [0.5, 0.6) is 0 Å². The van der Waals surface area contributed by atoms with Gasteiger partial charge in [0.1, 0.15) is 0 Å². The van der Waals surface area contributed by atoms with Crippen LogP contribution < -0.4 is 4.57 Å². The molecule has 0 aliphatic rings. The Morgan fingerprint density at radius 1 is 0.762 bits per heavy atom. The van der Waals surface area contributed by atoms with Crippen molar-refractivity contribution in [1.82, 2.24) is 0 Å². The zero-order valence-electron chi connectivity index (χ0n) is 11.6. The van der Waals surface area contributed by atoms with Crippen molar-refractivity contribution in [3.8, 4) is 0 Å². The molecule has 0 bridgehead atoms. The van der Waals surface area contributed by atoms with E-state index < -0.39 is 0 Å². The van der Waals surface area contributed by atoms with E-state index in [1.165, 1.54) is 5.56 Å². The van der Waals surface area contributed by atoms with Gasteiger partial charge in [0, 0.05) is 17.2 Å². The number of aromatic nitrogens is 1. The summed E-state index contributed by atoms with van der Waals surface area (Å²) in [5, 5.41) is 0. The molecule has 0 saturated carbocycles. The molecule has 0 aliphatic carbocycles. The van der Waals surface area contributed by atoms with Crippen LogP contribution in [0.25, 0.3) is 0 Å². The summed E-state index contributed by atoms with van der Waals surface area (Å²) in [5.74, 6) is 0.0537. The predicted octanol–water partition coefficient (Wildman–Crippen LogP) is 3.25. The lowest BCUT2D eigenvalue weighted by molar-refractivity contribution is -0.688. The van der Waals surface area contributed by atoms with E-state index in [0.717, 1.165) is 12.1 Å². The molecule has 0 spiro atoms. The average molecular weight is 274 g/mol. The number of benzene rings is 2. The monoisotopic (exact) mass is 274 g/mol. The highest BCUT2D eigenvalue weighted by Gasteiger charge is 2.12. The molecule has 2 aromatic carbocycles. The molecule has 0 unspecified atom stereocenters. The molecule has 21 heavy (non-hydrogen) atoms. The number of hydrogen-bond donors (Lipinski definition) is 0. The minimum absolute atomic E-state index is 0.0537. The van der Waals surface area contributed by atoms with Gasteiger partial charge in [0.2, 0.25) is 0 Å². The van der Waals surface area contributed by atoms with E-state index in [-0.39, 0.29) is 5.78 Å². The summed E-state index contributed by atoms with van der Waals surface area (Å²) in [5.41, 5.74) is 2.64. The van der Waals surface area contributed by atoms with Crippen molar-refractivity contribution in [3.05, 3.63) is 102 Å². The van der Waals surface area contributed by atoms with Crippen LogP contribution in [-0.2, 0) is 6.54 Å². The van der Waals surface area contributed by atoms with Crippen molar-refractivity contribution in [2.75, 3.05) is 0 Å². The third-order valence-electron chi connectivity index (χ3n) is 3.36. The molecular weight excluding hydrogens is 258 g/mol. The lowest BCUT2D eigenvalue weighted by Gasteiger charge is -2.01. The van der Waals surface area contributed by atoms with Gasteiger partial charge >= 0.3 is 0 Å². The van der Waals surface area contributed by atoms with E-state index >= 15 is 0 Å². The molecule has 0 aliphatic heterocycles. The third kappa shape index (κ3) is 3.23. The molecule has 102 valence electrons. The topological polar surface area (TPSA) is 20.9 Å². The third-order valence-corrected chi connectivity index (χ3v) is 3.36. The normalized spacial score (nSPS) is 10.3. The predicted molar refractivity (Wildman–Crippen MR) is 82.1 cm³/mol. The van der Waals surface area contributed by atoms with E-state index in [9.17, 15) is 4.79 Å². The van der Waals surface area contributed by atoms with Crippen LogP contribution in [-0.4, -0.2) is 5.78 Å². The van der Waals surface area contributed by atoms with Crippen molar-refractivity contribution in [3.63, 3.8) is 0 Å². The Labute approximate surface area is 124 Å². The summed E-state index contributed by atoms with van der Waals surface area (Å²) in [7, 11) is 0. The van der Waals surface area contributed by atoms with Crippen LogP contribution in [0.4, 0.5) is 0 Å². The zero-order valence-corrected chi connectivity index (χ0v) is 11.6. The van der Waals surface area contributed by atoms with Gasteiger partial charge in [-0.3, -0.25) is 4.79 Å². The van der Waals surface area contributed by atoms with Crippen LogP contribution in [0.15, 0.2) is 85.2 Å². The van der Waals surface area contributed by atoms with Gasteiger partial charge in [0.05, 0.1) is 5.56 Å². The second kappa shape index (κ2) is 6.14. The van der Waals surface area contributed by atoms with Crippen molar-refractivity contribution in [1.29, 1.82) is 0 Å². The van der Waals surface area contributed by atoms with E-state index in [2.05, 4.69) is 12.1 Å². The number of hydrogen-bond acceptors (Lipinski definition) is 1. The molecule has 0 N–H and O–H groups in total. The van der Waals surface area contributed by atoms with E-state index in [0.29, 0.717) is 5.56 Å². The smallest absolute Gasteiger partial charge is 0.199 e. The number of ketones is 1. The first-order chi connectivity index (χ1) is 10.3. The summed E-state index contributed by atoms with van der Waals surface area (Å²) >= 11 is 0. The van der Waals surface area contributed by atoms with Gasteiger partial charge in [-0.05, 0) is 6.07 Å². The fourth-order valence-corrected chi connectivity index (χ4v) is 2.31. The maximum absolute atomic E-state index is 12.4. The standard InChI is InChI=1S/C19H16NO/c21-19(17-10-5-2-6-11-17)18-12-7-13-20(15-18)14-16-8-3-1-4-9-16/h1-13,15H,14H2/q+1. The molecule has 0 amide bonds. The maximum Gasteiger partial charge on any atom is 0.199 e. The van der Waals surface area contributed by atoms with Gasteiger partial charge in [0.15, 0.2) is 24.7 Å². The molecule has 2 heteroatoms. The molecule has 1 heterocycles. The fourth-order valence-electron chi connectivity index (χ4n) is 2.31. The Hall–Kier alpha value is -2.74. The van der Waals surface area contributed by atoms with E-state index in [4.69, 9.17) is 0 Å². The molecule has 1 aromatic heterocycles. The summed E-state index contributed by atoms with van der Waals surface area (Å²) in [6, 6.07) is 23.4. The van der Waals surface area contributed by atoms with Gasteiger partial charge in [-0.25, -0.2) is 4.57 Å². The Morgan fingerprint density at radius 3 is 2.10 bits per heavy atom. The average Bonchev–Trinajstić information content (AvgIpc) is 2.56. The Morgan fingerprint density at radius 2 is 1.38 bits per heavy atom. The lowest BCUT2D eigenvalue weighted by Crippen LogP contribution is -2.34. The highest BCUT2D eigenvalue weighted by atomic mass is 16.1. The number of nitrogens with zero attached hydrogens (tertiary/aromatic N) is 1. The molecule has 3 aromatic rings. The Bertz CT molecular complexity index is 736. The molecule has 0 atom stereocenters. The molecule has 3 rings (SSSR count). The lowest BCUT2D eigenvalue weighted by atomic mass is 10.1. The second-order valence-corrected chi connectivity index (χ2v) is 4.95. The van der Waals surface area contributed by atoms with Crippen LogP contribution in [0, 0.1) is 0 Å². The Kier molecular flexibility index (Phi) is 3.88. The van der Waals surface area contributed by atoms with Crippen LogP contribution in [0.3, 0.4) is 0 Å². The minimum Gasteiger partial charge on any atom is -0.288 e. The molecule has 2 nitrogen and oxygen atoms in total. The molecular formula is C19H16NO+. The maximum atomic E-state index is 12.4. The Balaban J connectivity index is 1.85. The van der Waals surface area contributed by atoms with Crippen LogP contribution in [0.2, 0.25) is 0 Å². The zero-order chi connectivity index (χ0) is 14.5. The first-order valence-corrected chi connectivity index (χ1v) is 6.96. The first-order valence-electron chi connectivity index (χ1n) is 6.96. The van der Waals surface area contributed by atoms with Crippen molar-refractivity contribution in [2.24, 2.45) is 0 Å². The van der Waals surface area contributed by atoms with Crippen molar-refractivity contribution in [2.45, 2.75) is 6.54 Å². The van der Waals surface area contributed by atoms with E-state index in [1.54, 1.807) is 0 Å². The summed E-state index contributed by atoms with van der Waals surface area (Å²) in [6.45, 7) is 0.761. The van der Waals surface area contributed by atoms with Crippen LogP contribution in [0.1, 0.15) is 21.5 Å². The minimum atomic E-state index is 0.0537. The highest BCUT2D eigenvalue weighted by Crippen LogP contribution is 2.07. The van der Waals surface area contributed by atoms with Gasteiger partial charge < -0.3 is 0 Å².